The standard InChI is InChI=1S/C11H21NO2/c1-13-9-6-8(7-9)12-10-4-3-5-11(10)14-2/h8-12H,3-7H2,1-2H3. The van der Waals surface area contributed by atoms with Crippen LogP contribution in [0.3, 0.4) is 0 Å². The Morgan fingerprint density at radius 1 is 1.07 bits per heavy atom. The van der Waals surface area contributed by atoms with Gasteiger partial charge in [-0.25, -0.2) is 0 Å². The summed E-state index contributed by atoms with van der Waals surface area (Å²) in [6.07, 6.45) is 7.07. The third kappa shape index (κ3) is 2.10. The van der Waals surface area contributed by atoms with E-state index in [4.69, 9.17) is 9.47 Å². The topological polar surface area (TPSA) is 30.5 Å². The van der Waals surface area contributed by atoms with Crippen molar-refractivity contribution in [1.29, 1.82) is 0 Å². The molecule has 3 heteroatoms. The van der Waals surface area contributed by atoms with E-state index < -0.39 is 0 Å². The van der Waals surface area contributed by atoms with E-state index >= 15 is 0 Å². The molecule has 0 radical (unpaired) electrons. The van der Waals surface area contributed by atoms with Gasteiger partial charge in [0, 0.05) is 26.3 Å². The number of ether oxygens (including phenoxy) is 2. The fourth-order valence-electron chi connectivity index (χ4n) is 2.60. The van der Waals surface area contributed by atoms with Crippen LogP contribution >= 0.6 is 0 Å². The minimum atomic E-state index is 0.441. The van der Waals surface area contributed by atoms with Crippen molar-refractivity contribution in [3.63, 3.8) is 0 Å². The van der Waals surface area contributed by atoms with E-state index in [1.54, 1.807) is 7.11 Å². The number of rotatable bonds is 4. The highest BCUT2D eigenvalue weighted by Crippen LogP contribution is 2.27. The fraction of sp³-hybridized carbons (Fsp3) is 1.00. The number of hydrogen-bond acceptors (Lipinski definition) is 3. The molecular weight excluding hydrogens is 178 g/mol. The summed E-state index contributed by atoms with van der Waals surface area (Å²) in [5, 5.41) is 3.68. The maximum absolute atomic E-state index is 5.45. The van der Waals surface area contributed by atoms with Crippen LogP contribution in [0.2, 0.25) is 0 Å². The highest BCUT2D eigenvalue weighted by molar-refractivity contribution is 4.92. The predicted molar refractivity (Wildman–Crippen MR) is 55.4 cm³/mol. The van der Waals surface area contributed by atoms with Crippen LogP contribution in [-0.2, 0) is 9.47 Å². The average Bonchev–Trinajstić information content (AvgIpc) is 2.57. The smallest absolute Gasteiger partial charge is 0.0724 e. The molecule has 0 aromatic heterocycles. The second-order valence-corrected chi connectivity index (χ2v) is 4.50. The maximum Gasteiger partial charge on any atom is 0.0724 e. The monoisotopic (exact) mass is 199 g/mol. The lowest BCUT2D eigenvalue weighted by molar-refractivity contribution is 0.00464. The van der Waals surface area contributed by atoms with Crippen molar-refractivity contribution in [2.75, 3.05) is 14.2 Å². The molecule has 0 spiro atoms. The summed E-state index contributed by atoms with van der Waals surface area (Å²) >= 11 is 0. The van der Waals surface area contributed by atoms with Crippen LogP contribution in [0.15, 0.2) is 0 Å². The summed E-state index contributed by atoms with van der Waals surface area (Å²) in [7, 11) is 3.62. The first kappa shape index (κ1) is 10.4. The van der Waals surface area contributed by atoms with Gasteiger partial charge in [-0.1, -0.05) is 0 Å². The van der Waals surface area contributed by atoms with Gasteiger partial charge in [-0.2, -0.15) is 0 Å². The van der Waals surface area contributed by atoms with Crippen molar-refractivity contribution in [1.82, 2.24) is 5.32 Å². The van der Waals surface area contributed by atoms with Gasteiger partial charge in [0.25, 0.3) is 0 Å². The Kier molecular flexibility index (Phi) is 3.42. The summed E-state index contributed by atoms with van der Waals surface area (Å²) in [5.74, 6) is 0. The van der Waals surface area contributed by atoms with Crippen molar-refractivity contribution < 1.29 is 9.47 Å². The van der Waals surface area contributed by atoms with E-state index in [2.05, 4.69) is 5.32 Å². The summed E-state index contributed by atoms with van der Waals surface area (Å²) in [6.45, 7) is 0. The summed E-state index contributed by atoms with van der Waals surface area (Å²) < 4.78 is 10.7. The third-order valence-electron chi connectivity index (χ3n) is 3.63. The molecule has 2 atom stereocenters. The molecule has 2 rings (SSSR count). The summed E-state index contributed by atoms with van der Waals surface area (Å²) in [5.41, 5.74) is 0. The molecule has 2 saturated carbocycles. The molecule has 0 bridgehead atoms. The summed E-state index contributed by atoms with van der Waals surface area (Å²) in [6, 6.07) is 1.25. The second kappa shape index (κ2) is 4.60. The first-order valence-electron chi connectivity index (χ1n) is 5.65. The number of hydrogen-bond donors (Lipinski definition) is 1. The van der Waals surface area contributed by atoms with Crippen LogP contribution in [0.1, 0.15) is 32.1 Å². The van der Waals surface area contributed by atoms with Crippen LogP contribution in [-0.4, -0.2) is 38.5 Å². The predicted octanol–water partition coefficient (Wildman–Crippen LogP) is 1.32. The fourth-order valence-corrected chi connectivity index (χ4v) is 2.60. The van der Waals surface area contributed by atoms with Gasteiger partial charge in [-0.05, 0) is 32.1 Å². The molecule has 0 saturated heterocycles. The Balaban J connectivity index is 1.70. The van der Waals surface area contributed by atoms with Gasteiger partial charge < -0.3 is 14.8 Å². The van der Waals surface area contributed by atoms with Gasteiger partial charge in [0.2, 0.25) is 0 Å². The molecule has 0 aliphatic heterocycles. The molecule has 14 heavy (non-hydrogen) atoms. The van der Waals surface area contributed by atoms with Crippen LogP contribution in [0, 0.1) is 0 Å². The minimum Gasteiger partial charge on any atom is -0.381 e. The van der Waals surface area contributed by atoms with E-state index in [9.17, 15) is 0 Å². The van der Waals surface area contributed by atoms with Crippen LogP contribution in [0.25, 0.3) is 0 Å². The molecule has 1 N–H and O–H groups in total. The van der Waals surface area contributed by atoms with E-state index in [0.717, 1.165) is 0 Å². The zero-order chi connectivity index (χ0) is 9.97. The SMILES string of the molecule is COC1CC(NC2CCCC2OC)C1. The van der Waals surface area contributed by atoms with Crippen molar-refractivity contribution in [3.8, 4) is 0 Å². The van der Waals surface area contributed by atoms with Gasteiger partial charge in [0.15, 0.2) is 0 Å². The van der Waals surface area contributed by atoms with Crippen molar-refractivity contribution in [2.45, 2.75) is 56.4 Å². The number of methoxy groups -OCH3 is 2. The zero-order valence-corrected chi connectivity index (χ0v) is 9.16. The van der Waals surface area contributed by atoms with Gasteiger partial charge >= 0.3 is 0 Å². The molecule has 0 heterocycles. The quantitative estimate of drug-likeness (QED) is 0.740. The molecule has 2 unspecified atom stereocenters. The van der Waals surface area contributed by atoms with E-state index in [1.165, 1.54) is 32.1 Å². The average molecular weight is 199 g/mol. The molecule has 82 valence electrons. The van der Waals surface area contributed by atoms with Crippen molar-refractivity contribution in [2.24, 2.45) is 0 Å². The number of nitrogens with one attached hydrogen (secondary N) is 1. The second-order valence-electron chi connectivity index (χ2n) is 4.50. The van der Waals surface area contributed by atoms with Crippen LogP contribution in [0.5, 0.6) is 0 Å². The van der Waals surface area contributed by atoms with E-state index in [-0.39, 0.29) is 0 Å². The first-order chi connectivity index (χ1) is 6.83. The lowest BCUT2D eigenvalue weighted by Gasteiger charge is -2.37. The lowest BCUT2D eigenvalue weighted by atomic mass is 9.88. The Bertz CT molecular complexity index is 180. The zero-order valence-electron chi connectivity index (χ0n) is 9.16. The minimum absolute atomic E-state index is 0.441. The van der Waals surface area contributed by atoms with Gasteiger partial charge in [0.1, 0.15) is 0 Å². The summed E-state index contributed by atoms with van der Waals surface area (Å²) in [4.78, 5) is 0. The van der Waals surface area contributed by atoms with Crippen LogP contribution < -0.4 is 5.32 Å². The maximum atomic E-state index is 5.45. The van der Waals surface area contributed by atoms with Crippen molar-refractivity contribution >= 4 is 0 Å². The molecule has 0 aromatic rings. The molecule has 0 aromatic carbocycles. The third-order valence-corrected chi connectivity index (χ3v) is 3.63. The van der Waals surface area contributed by atoms with Crippen molar-refractivity contribution in [3.05, 3.63) is 0 Å². The highest BCUT2D eigenvalue weighted by atomic mass is 16.5. The highest BCUT2D eigenvalue weighted by Gasteiger charge is 2.34. The normalized spacial score (nSPS) is 42.4. The lowest BCUT2D eigenvalue weighted by Crippen LogP contribution is -2.51. The molecule has 2 aliphatic rings. The van der Waals surface area contributed by atoms with Gasteiger partial charge in [-0.15, -0.1) is 0 Å². The molecule has 2 aliphatic carbocycles. The van der Waals surface area contributed by atoms with Gasteiger partial charge in [-0.3, -0.25) is 0 Å². The van der Waals surface area contributed by atoms with E-state index in [0.29, 0.717) is 24.3 Å². The Morgan fingerprint density at radius 2 is 1.86 bits per heavy atom. The van der Waals surface area contributed by atoms with Crippen LogP contribution in [0.4, 0.5) is 0 Å². The Hall–Kier alpha value is -0.120. The largest absolute Gasteiger partial charge is 0.381 e. The molecule has 0 amide bonds. The Morgan fingerprint density at radius 3 is 2.50 bits per heavy atom. The molecule has 3 nitrogen and oxygen atoms in total. The van der Waals surface area contributed by atoms with Gasteiger partial charge in [0.05, 0.1) is 12.2 Å². The Labute approximate surface area is 86.2 Å². The molecule has 2 fully saturated rings. The first-order valence-corrected chi connectivity index (χ1v) is 5.65. The van der Waals surface area contributed by atoms with E-state index in [1.807, 2.05) is 7.11 Å². The molecular formula is C11H21NO2.